The third kappa shape index (κ3) is 3.59. The van der Waals surface area contributed by atoms with Gasteiger partial charge < -0.3 is 9.47 Å². The van der Waals surface area contributed by atoms with Gasteiger partial charge in [0.2, 0.25) is 5.88 Å². The minimum atomic E-state index is 0.429. The zero-order valence-electron chi connectivity index (χ0n) is 13.4. The first kappa shape index (κ1) is 15.3. The molecule has 0 saturated heterocycles. The van der Waals surface area contributed by atoms with Crippen LogP contribution in [0.3, 0.4) is 0 Å². The molecule has 4 nitrogen and oxygen atoms in total. The second kappa shape index (κ2) is 7.09. The summed E-state index contributed by atoms with van der Waals surface area (Å²) in [5.74, 6) is 1.94. The van der Waals surface area contributed by atoms with Crippen molar-refractivity contribution >= 4 is 10.9 Å². The highest BCUT2D eigenvalue weighted by atomic mass is 16.5. The van der Waals surface area contributed by atoms with Crippen LogP contribution in [0.15, 0.2) is 54.9 Å². The first-order valence-electron chi connectivity index (χ1n) is 7.80. The Morgan fingerprint density at radius 1 is 0.870 bits per heavy atom. The number of benzene rings is 2. The lowest BCUT2D eigenvalue weighted by molar-refractivity contribution is 0.212. The van der Waals surface area contributed by atoms with Gasteiger partial charge >= 0.3 is 0 Å². The van der Waals surface area contributed by atoms with E-state index in [1.54, 1.807) is 0 Å². The zero-order chi connectivity index (χ0) is 16.1. The van der Waals surface area contributed by atoms with Gasteiger partial charge in [0.15, 0.2) is 0 Å². The minimum Gasteiger partial charge on any atom is -0.490 e. The Morgan fingerprint density at radius 3 is 2.48 bits per heavy atom. The van der Waals surface area contributed by atoms with Crippen LogP contribution < -0.4 is 9.47 Å². The van der Waals surface area contributed by atoms with Crippen LogP contribution in [-0.4, -0.2) is 23.2 Å². The number of nitrogens with zero attached hydrogens (tertiary/aromatic N) is 2. The van der Waals surface area contributed by atoms with E-state index in [0.717, 1.165) is 16.7 Å². The average Bonchev–Trinajstić information content (AvgIpc) is 2.59. The van der Waals surface area contributed by atoms with Gasteiger partial charge in [-0.3, -0.25) is 0 Å². The van der Waals surface area contributed by atoms with Crippen molar-refractivity contribution in [2.75, 3.05) is 13.2 Å². The van der Waals surface area contributed by atoms with E-state index in [0.29, 0.717) is 25.0 Å². The molecule has 0 spiro atoms. The van der Waals surface area contributed by atoms with Crippen molar-refractivity contribution in [3.05, 3.63) is 60.4 Å². The molecule has 118 valence electrons. The number of fused-ring (bicyclic) bond motifs is 1. The average molecular weight is 308 g/mol. The maximum atomic E-state index is 5.86. The predicted molar refractivity (Wildman–Crippen MR) is 91.1 cm³/mol. The van der Waals surface area contributed by atoms with E-state index in [9.17, 15) is 0 Å². The fourth-order valence-electron chi connectivity index (χ4n) is 2.47. The van der Waals surface area contributed by atoms with E-state index in [1.807, 2.05) is 42.5 Å². The SMILES string of the molecule is CC(C)c1ccccc1OCCOc1ncnc2ccccc12. The molecule has 0 saturated carbocycles. The summed E-state index contributed by atoms with van der Waals surface area (Å²) < 4.78 is 11.6. The lowest BCUT2D eigenvalue weighted by Crippen LogP contribution is -2.11. The van der Waals surface area contributed by atoms with Gasteiger partial charge in [-0.1, -0.05) is 44.2 Å². The summed E-state index contributed by atoms with van der Waals surface area (Å²) in [5.41, 5.74) is 2.09. The minimum absolute atomic E-state index is 0.429. The molecule has 0 radical (unpaired) electrons. The van der Waals surface area contributed by atoms with Gasteiger partial charge in [0, 0.05) is 0 Å². The maximum Gasteiger partial charge on any atom is 0.224 e. The second-order valence-corrected chi connectivity index (χ2v) is 5.59. The molecule has 1 aromatic heterocycles. The standard InChI is InChI=1S/C19H20N2O2/c1-14(2)15-7-4-6-10-18(15)22-11-12-23-19-16-8-3-5-9-17(16)20-13-21-19/h3-10,13-14H,11-12H2,1-2H3. The summed E-state index contributed by atoms with van der Waals surface area (Å²) in [5, 5.41) is 0.914. The molecule has 0 aliphatic carbocycles. The van der Waals surface area contributed by atoms with Gasteiger partial charge in [0.05, 0.1) is 10.9 Å². The van der Waals surface area contributed by atoms with Crippen molar-refractivity contribution in [2.45, 2.75) is 19.8 Å². The third-order valence-corrected chi connectivity index (χ3v) is 3.63. The highest BCUT2D eigenvalue weighted by molar-refractivity contribution is 5.82. The van der Waals surface area contributed by atoms with Gasteiger partial charge in [0.25, 0.3) is 0 Å². The van der Waals surface area contributed by atoms with E-state index >= 15 is 0 Å². The maximum absolute atomic E-state index is 5.86. The molecule has 23 heavy (non-hydrogen) atoms. The van der Waals surface area contributed by atoms with Crippen LogP contribution in [0.25, 0.3) is 10.9 Å². The Balaban J connectivity index is 1.62. The predicted octanol–water partition coefficient (Wildman–Crippen LogP) is 4.21. The van der Waals surface area contributed by atoms with Gasteiger partial charge in [0.1, 0.15) is 25.3 Å². The van der Waals surface area contributed by atoms with E-state index in [2.05, 4.69) is 29.9 Å². The molecule has 3 rings (SSSR count). The second-order valence-electron chi connectivity index (χ2n) is 5.59. The fraction of sp³-hybridized carbons (Fsp3) is 0.263. The summed E-state index contributed by atoms with van der Waals surface area (Å²) in [4.78, 5) is 8.43. The van der Waals surface area contributed by atoms with Gasteiger partial charge in [-0.15, -0.1) is 0 Å². The Labute approximate surface area is 136 Å². The van der Waals surface area contributed by atoms with Crippen molar-refractivity contribution in [1.82, 2.24) is 9.97 Å². The summed E-state index contributed by atoms with van der Waals surface area (Å²) in [6.45, 7) is 5.23. The lowest BCUT2D eigenvalue weighted by Gasteiger charge is -2.14. The smallest absolute Gasteiger partial charge is 0.224 e. The monoisotopic (exact) mass is 308 g/mol. The Morgan fingerprint density at radius 2 is 1.61 bits per heavy atom. The third-order valence-electron chi connectivity index (χ3n) is 3.63. The number of ether oxygens (including phenoxy) is 2. The van der Waals surface area contributed by atoms with E-state index < -0.39 is 0 Å². The zero-order valence-corrected chi connectivity index (χ0v) is 13.4. The van der Waals surface area contributed by atoms with E-state index in [-0.39, 0.29) is 0 Å². The van der Waals surface area contributed by atoms with Crippen LogP contribution in [0.2, 0.25) is 0 Å². The molecule has 0 N–H and O–H groups in total. The molecule has 0 unspecified atom stereocenters. The molecule has 0 atom stereocenters. The quantitative estimate of drug-likeness (QED) is 0.640. The Kier molecular flexibility index (Phi) is 4.71. The molecule has 4 heteroatoms. The molecule has 1 heterocycles. The molecule has 2 aromatic carbocycles. The first-order valence-corrected chi connectivity index (χ1v) is 7.80. The van der Waals surface area contributed by atoms with E-state index in [4.69, 9.17) is 9.47 Å². The fourth-order valence-corrected chi connectivity index (χ4v) is 2.47. The highest BCUT2D eigenvalue weighted by Crippen LogP contribution is 2.26. The van der Waals surface area contributed by atoms with Crippen LogP contribution >= 0.6 is 0 Å². The topological polar surface area (TPSA) is 44.2 Å². The van der Waals surface area contributed by atoms with Gasteiger partial charge in [-0.2, -0.15) is 0 Å². The Bertz CT molecular complexity index is 782. The van der Waals surface area contributed by atoms with Crippen LogP contribution in [-0.2, 0) is 0 Å². The molecule has 3 aromatic rings. The number of hydrogen-bond donors (Lipinski definition) is 0. The van der Waals surface area contributed by atoms with Crippen molar-refractivity contribution in [1.29, 1.82) is 0 Å². The first-order chi connectivity index (χ1) is 11.3. The van der Waals surface area contributed by atoms with E-state index in [1.165, 1.54) is 11.9 Å². The molecule has 0 fully saturated rings. The van der Waals surface area contributed by atoms with Crippen molar-refractivity contribution in [2.24, 2.45) is 0 Å². The largest absolute Gasteiger partial charge is 0.490 e. The molecule has 0 bridgehead atoms. The molecular formula is C19H20N2O2. The normalized spacial score (nSPS) is 10.9. The number of rotatable bonds is 6. The van der Waals surface area contributed by atoms with Crippen molar-refractivity contribution in [3.8, 4) is 11.6 Å². The number of para-hydroxylation sites is 2. The number of hydrogen-bond acceptors (Lipinski definition) is 4. The Hall–Kier alpha value is -2.62. The molecule has 0 aliphatic heterocycles. The lowest BCUT2D eigenvalue weighted by atomic mass is 10.0. The van der Waals surface area contributed by atoms with Crippen molar-refractivity contribution < 1.29 is 9.47 Å². The molecule has 0 amide bonds. The van der Waals surface area contributed by atoms with Crippen LogP contribution in [0, 0.1) is 0 Å². The van der Waals surface area contributed by atoms with Gasteiger partial charge in [-0.25, -0.2) is 9.97 Å². The molecular weight excluding hydrogens is 288 g/mol. The summed E-state index contributed by atoms with van der Waals surface area (Å²) in [7, 11) is 0. The van der Waals surface area contributed by atoms with Gasteiger partial charge in [-0.05, 0) is 29.7 Å². The summed E-state index contributed by atoms with van der Waals surface area (Å²) in [6.07, 6.45) is 1.52. The van der Waals surface area contributed by atoms with Crippen LogP contribution in [0.4, 0.5) is 0 Å². The summed E-state index contributed by atoms with van der Waals surface area (Å²) >= 11 is 0. The highest BCUT2D eigenvalue weighted by Gasteiger charge is 2.07. The van der Waals surface area contributed by atoms with Crippen LogP contribution in [0.1, 0.15) is 25.3 Å². The molecule has 0 aliphatic rings. The summed E-state index contributed by atoms with van der Waals surface area (Å²) in [6, 6.07) is 15.9. The number of aromatic nitrogens is 2. The van der Waals surface area contributed by atoms with Crippen LogP contribution in [0.5, 0.6) is 11.6 Å². The van der Waals surface area contributed by atoms with Crippen molar-refractivity contribution in [3.63, 3.8) is 0 Å².